The molecule has 14 heavy (non-hydrogen) atoms. The molecule has 1 aromatic rings. The molecule has 1 N–H and O–H groups in total. The van der Waals surface area contributed by atoms with Gasteiger partial charge in [0.15, 0.2) is 0 Å². The van der Waals surface area contributed by atoms with Gasteiger partial charge < -0.3 is 10.1 Å². The van der Waals surface area contributed by atoms with Gasteiger partial charge >= 0.3 is 6.11 Å². The fourth-order valence-electron chi connectivity index (χ4n) is 1.59. The van der Waals surface area contributed by atoms with E-state index in [0.29, 0.717) is 5.69 Å². The number of fused-ring (bicyclic) bond motifs is 1. The van der Waals surface area contributed by atoms with E-state index in [1.54, 1.807) is 12.1 Å². The zero-order valence-electron chi connectivity index (χ0n) is 7.81. The van der Waals surface area contributed by atoms with E-state index < -0.39 is 6.11 Å². The fraction of sp³-hybridized carbons (Fsp3) is 0.400. The molecule has 0 saturated heterocycles. The first-order chi connectivity index (χ1) is 6.56. The lowest BCUT2D eigenvalue weighted by molar-refractivity contribution is -0.158. The Hall–Kier alpha value is -1.32. The van der Waals surface area contributed by atoms with Crippen molar-refractivity contribution in [3.8, 4) is 5.75 Å². The molecule has 0 unspecified atom stereocenters. The summed E-state index contributed by atoms with van der Waals surface area (Å²) in [4.78, 5) is 0. The predicted octanol–water partition coefficient (Wildman–Crippen LogP) is 2.65. The molecule has 0 aromatic heterocycles. The van der Waals surface area contributed by atoms with Gasteiger partial charge in [-0.2, -0.15) is 8.78 Å². The molecule has 1 aromatic carbocycles. The molecule has 4 heteroatoms. The SMILES string of the molecule is CC(F)(F)Oc1cccc2c1NCC2. The molecule has 0 saturated carbocycles. The molecule has 0 spiro atoms. The van der Waals surface area contributed by atoms with Gasteiger partial charge in [0.25, 0.3) is 0 Å². The van der Waals surface area contributed by atoms with E-state index in [9.17, 15) is 8.78 Å². The normalized spacial score (nSPS) is 14.8. The quantitative estimate of drug-likeness (QED) is 0.790. The van der Waals surface area contributed by atoms with E-state index in [-0.39, 0.29) is 5.75 Å². The summed E-state index contributed by atoms with van der Waals surface area (Å²) in [6, 6.07) is 5.19. The Morgan fingerprint density at radius 2 is 2.21 bits per heavy atom. The maximum absolute atomic E-state index is 12.6. The van der Waals surface area contributed by atoms with Crippen LogP contribution in [-0.4, -0.2) is 12.7 Å². The first-order valence-corrected chi connectivity index (χ1v) is 4.49. The molecular formula is C10H11F2NO. The zero-order valence-corrected chi connectivity index (χ0v) is 7.81. The number of hydrogen-bond donors (Lipinski definition) is 1. The number of rotatable bonds is 2. The lowest BCUT2D eigenvalue weighted by Crippen LogP contribution is -2.19. The highest BCUT2D eigenvalue weighted by atomic mass is 19.3. The zero-order chi connectivity index (χ0) is 10.2. The number of hydrogen-bond acceptors (Lipinski definition) is 2. The Balaban J connectivity index is 2.31. The first kappa shape index (κ1) is 9.24. The van der Waals surface area contributed by atoms with Crippen molar-refractivity contribution in [3.05, 3.63) is 23.8 Å². The second kappa shape index (κ2) is 3.12. The van der Waals surface area contributed by atoms with E-state index in [4.69, 9.17) is 0 Å². The average molecular weight is 199 g/mol. The highest BCUT2D eigenvalue weighted by Gasteiger charge is 2.26. The van der Waals surface area contributed by atoms with Crippen LogP contribution in [0.5, 0.6) is 5.75 Å². The summed E-state index contributed by atoms with van der Waals surface area (Å²) in [6.07, 6.45) is -2.26. The van der Waals surface area contributed by atoms with E-state index >= 15 is 0 Å². The number of ether oxygens (including phenoxy) is 1. The van der Waals surface area contributed by atoms with Gasteiger partial charge in [-0.15, -0.1) is 0 Å². The van der Waals surface area contributed by atoms with Crippen LogP contribution in [0.15, 0.2) is 18.2 Å². The lowest BCUT2D eigenvalue weighted by Gasteiger charge is -2.15. The molecule has 1 heterocycles. The standard InChI is InChI=1S/C10H11F2NO/c1-10(11,12)14-8-4-2-3-7-5-6-13-9(7)8/h2-4,13H,5-6H2,1H3. The van der Waals surface area contributed by atoms with Crippen LogP contribution in [-0.2, 0) is 6.42 Å². The molecule has 0 fully saturated rings. The van der Waals surface area contributed by atoms with Crippen LogP contribution >= 0.6 is 0 Å². The van der Waals surface area contributed by atoms with Crippen LogP contribution in [0.1, 0.15) is 12.5 Å². The molecule has 2 rings (SSSR count). The molecule has 1 aliphatic rings. The van der Waals surface area contributed by atoms with Crippen molar-refractivity contribution in [2.75, 3.05) is 11.9 Å². The van der Waals surface area contributed by atoms with Crippen molar-refractivity contribution >= 4 is 5.69 Å². The van der Waals surface area contributed by atoms with Crippen LogP contribution in [0.4, 0.5) is 14.5 Å². The molecule has 2 nitrogen and oxygen atoms in total. The fourth-order valence-corrected chi connectivity index (χ4v) is 1.59. The second-order valence-corrected chi connectivity index (χ2v) is 3.38. The topological polar surface area (TPSA) is 21.3 Å². The van der Waals surface area contributed by atoms with Crippen molar-refractivity contribution in [2.45, 2.75) is 19.5 Å². The highest BCUT2D eigenvalue weighted by Crippen LogP contribution is 2.35. The third-order valence-corrected chi connectivity index (χ3v) is 2.10. The summed E-state index contributed by atoms with van der Waals surface area (Å²) in [6.45, 7) is 1.52. The van der Waals surface area contributed by atoms with Crippen molar-refractivity contribution in [1.29, 1.82) is 0 Å². The second-order valence-electron chi connectivity index (χ2n) is 3.38. The maximum Gasteiger partial charge on any atom is 0.394 e. The number of nitrogens with one attached hydrogen (secondary N) is 1. The first-order valence-electron chi connectivity index (χ1n) is 4.49. The van der Waals surface area contributed by atoms with Crippen molar-refractivity contribution in [3.63, 3.8) is 0 Å². The van der Waals surface area contributed by atoms with Gasteiger partial charge in [-0.3, -0.25) is 0 Å². The van der Waals surface area contributed by atoms with Gasteiger partial charge in [0, 0.05) is 13.5 Å². The van der Waals surface area contributed by atoms with Crippen LogP contribution in [0.3, 0.4) is 0 Å². The van der Waals surface area contributed by atoms with Gasteiger partial charge in [0.2, 0.25) is 0 Å². The Morgan fingerprint density at radius 3 is 2.93 bits per heavy atom. The summed E-state index contributed by atoms with van der Waals surface area (Å²) in [7, 11) is 0. The molecular weight excluding hydrogens is 188 g/mol. The van der Waals surface area contributed by atoms with E-state index in [2.05, 4.69) is 10.1 Å². The maximum atomic E-state index is 12.6. The Kier molecular flexibility index (Phi) is 2.06. The average Bonchev–Trinajstić information content (AvgIpc) is 2.49. The monoisotopic (exact) mass is 199 g/mol. The van der Waals surface area contributed by atoms with Crippen LogP contribution in [0, 0.1) is 0 Å². The Labute approximate surface area is 80.9 Å². The van der Waals surface area contributed by atoms with Gasteiger partial charge in [-0.1, -0.05) is 12.1 Å². The lowest BCUT2D eigenvalue weighted by atomic mass is 10.1. The van der Waals surface area contributed by atoms with Crippen LogP contribution in [0.2, 0.25) is 0 Å². The smallest absolute Gasteiger partial charge is 0.394 e. The van der Waals surface area contributed by atoms with Gasteiger partial charge in [0.05, 0.1) is 5.69 Å². The van der Waals surface area contributed by atoms with E-state index in [1.165, 1.54) is 0 Å². The third-order valence-electron chi connectivity index (χ3n) is 2.10. The van der Waals surface area contributed by atoms with Crippen molar-refractivity contribution in [1.82, 2.24) is 0 Å². The Bertz CT molecular complexity index is 346. The van der Waals surface area contributed by atoms with E-state index in [0.717, 1.165) is 25.5 Å². The summed E-state index contributed by atoms with van der Waals surface area (Å²) in [5.74, 6) is 0.229. The third kappa shape index (κ3) is 1.78. The van der Waals surface area contributed by atoms with Gasteiger partial charge in [-0.05, 0) is 18.1 Å². The Morgan fingerprint density at radius 1 is 1.43 bits per heavy atom. The van der Waals surface area contributed by atoms with Crippen molar-refractivity contribution in [2.24, 2.45) is 0 Å². The number of halogens is 2. The molecule has 0 aliphatic carbocycles. The number of anilines is 1. The van der Waals surface area contributed by atoms with Gasteiger partial charge in [0.1, 0.15) is 5.75 Å². The molecule has 0 radical (unpaired) electrons. The predicted molar refractivity (Wildman–Crippen MR) is 49.9 cm³/mol. The van der Waals surface area contributed by atoms with E-state index in [1.807, 2.05) is 6.07 Å². The molecule has 0 amide bonds. The molecule has 0 bridgehead atoms. The molecule has 76 valence electrons. The molecule has 1 aliphatic heterocycles. The number of benzene rings is 1. The minimum absolute atomic E-state index is 0.229. The summed E-state index contributed by atoms with van der Waals surface area (Å²) < 4.78 is 29.8. The van der Waals surface area contributed by atoms with Crippen LogP contribution in [0.25, 0.3) is 0 Å². The minimum Gasteiger partial charge on any atom is -0.431 e. The summed E-state index contributed by atoms with van der Waals surface area (Å²) in [5, 5.41) is 3.03. The number of alkyl halides is 2. The summed E-state index contributed by atoms with van der Waals surface area (Å²) in [5.41, 5.74) is 1.74. The highest BCUT2D eigenvalue weighted by molar-refractivity contribution is 5.65. The van der Waals surface area contributed by atoms with Crippen LogP contribution < -0.4 is 10.1 Å². The van der Waals surface area contributed by atoms with Gasteiger partial charge in [-0.25, -0.2) is 0 Å². The summed E-state index contributed by atoms with van der Waals surface area (Å²) >= 11 is 0. The van der Waals surface area contributed by atoms with Crippen molar-refractivity contribution < 1.29 is 13.5 Å². The molecule has 0 atom stereocenters. The minimum atomic E-state index is -3.13. The number of para-hydroxylation sites is 1. The largest absolute Gasteiger partial charge is 0.431 e.